The number of nitrogen functional groups attached to an aromatic ring is 1. The van der Waals surface area contributed by atoms with Crippen molar-refractivity contribution in [1.29, 1.82) is 0 Å². The standard InChI is InChI=1S/C21H22N6O3/c1-13-9-24-18(11-23-13)21(29)26-8-7-14(12-26)19(28)17-10-25-27(20(17)22)15-3-5-16(30-2)6-4-15/h3-6,9-11,14H,7-8,12,22H2,1-2H3. The van der Waals surface area contributed by atoms with Crippen molar-refractivity contribution in [3.63, 3.8) is 0 Å². The average molecular weight is 406 g/mol. The van der Waals surface area contributed by atoms with E-state index in [-0.39, 0.29) is 29.1 Å². The molecule has 1 fully saturated rings. The summed E-state index contributed by atoms with van der Waals surface area (Å²) in [5.74, 6) is 0.328. The van der Waals surface area contributed by atoms with Crippen molar-refractivity contribution in [3.05, 3.63) is 59.8 Å². The number of anilines is 1. The molecule has 1 unspecified atom stereocenters. The Morgan fingerprint density at radius 1 is 1.13 bits per heavy atom. The summed E-state index contributed by atoms with van der Waals surface area (Å²) in [5.41, 5.74) is 8.33. The fraction of sp³-hybridized carbons (Fsp3) is 0.286. The molecule has 0 radical (unpaired) electrons. The van der Waals surface area contributed by atoms with E-state index in [1.54, 1.807) is 30.3 Å². The number of aromatic nitrogens is 4. The van der Waals surface area contributed by atoms with Crippen molar-refractivity contribution in [1.82, 2.24) is 24.6 Å². The molecule has 0 saturated carbocycles. The second-order valence-electron chi connectivity index (χ2n) is 7.20. The Hall–Kier alpha value is -3.75. The van der Waals surface area contributed by atoms with Gasteiger partial charge in [0.1, 0.15) is 17.3 Å². The van der Waals surface area contributed by atoms with Crippen LogP contribution < -0.4 is 10.5 Å². The first kappa shape index (κ1) is 19.6. The van der Waals surface area contributed by atoms with Crippen LogP contribution in [0.2, 0.25) is 0 Å². The lowest BCUT2D eigenvalue weighted by Gasteiger charge is -2.15. The molecule has 3 heterocycles. The smallest absolute Gasteiger partial charge is 0.274 e. The summed E-state index contributed by atoms with van der Waals surface area (Å²) in [5, 5.41) is 4.28. The summed E-state index contributed by atoms with van der Waals surface area (Å²) < 4.78 is 6.68. The molecule has 9 nitrogen and oxygen atoms in total. The zero-order chi connectivity index (χ0) is 21.3. The molecule has 0 spiro atoms. The SMILES string of the molecule is COc1ccc(-n2ncc(C(=O)C3CCN(C(=O)c4cnc(C)cn4)C3)c2N)cc1. The maximum absolute atomic E-state index is 13.0. The van der Waals surface area contributed by atoms with Crippen molar-refractivity contribution in [2.75, 3.05) is 25.9 Å². The van der Waals surface area contributed by atoms with Crippen LogP contribution in [0, 0.1) is 12.8 Å². The molecule has 1 atom stereocenters. The van der Waals surface area contributed by atoms with Crippen molar-refractivity contribution >= 4 is 17.5 Å². The molecule has 2 N–H and O–H groups in total. The molecule has 0 aliphatic carbocycles. The number of carbonyl (C=O) groups excluding carboxylic acids is 2. The van der Waals surface area contributed by atoms with Gasteiger partial charge in [-0.3, -0.25) is 14.6 Å². The second kappa shape index (κ2) is 7.94. The lowest BCUT2D eigenvalue weighted by molar-refractivity contribution is 0.0774. The highest BCUT2D eigenvalue weighted by atomic mass is 16.5. The number of rotatable bonds is 5. The van der Waals surface area contributed by atoms with Gasteiger partial charge in [0.25, 0.3) is 5.91 Å². The molecule has 9 heteroatoms. The van der Waals surface area contributed by atoms with Crippen LogP contribution in [-0.2, 0) is 0 Å². The number of hydrogen-bond donors (Lipinski definition) is 1. The molecule has 1 aromatic carbocycles. The van der Waals surface area contributed by atoms with Gasteiger partial charge in [0.05, 0.1) is 36.4 Å². The number of ketones is 1. The van der Waals surface area contributed by atoms with E-state index >= 15 is 0 Å². The summed E-state index contributed by atoms with van der Waals surface area (Å²) >= 11 is 0. The summed E-state index contributed by atoms with van der Waals surface area (Å²) in [4.78, 5) is 35.6. The van der Waals surface area contributed by atoms with E-state index in [0.717, 1.165) is 17.1 Å². The highest BCUT2D eigenvalue weighted by molar-refractivity contribution is 6.02. The third-order valence-electron chi connectivity index (χ3n) is 5.24. The van der Waals surface area contributed by atoms with Gasteiger partial charge in [-0.1, -0.05) is 0 Å². The van der Waals surface area contributed by atoms with Crippen LogP contribution >= 0.6 is 0 Å². The van der Waals surface area contributed by atoms with E-state index in [2.05, 4.69) is 15.1 Å². The van der Waals surface area contributed by atoms with Gasteiger partial charge in [0.2, 0.25) is 0 Å². The van der Waals surface area contributed by atoms with Crippen LogP contribution in [0.25, 0.3) is 5.69 Å². The molecule has 154 valence electrons. The van der Waals surface area contributed by atoms with E-state index in [1.807, 2.05) is 19.1 Å². The van der Waals surface area contributed by atoms with Gasteiger partial charge in [-0.15, -0.1) is 0 Å². The first-order valence-electron chi connectivity index (χ1n) is 9.58. The molecular formula is C21H22N6O3. The topological polar surface area (TPSA) is 116 Å². The number of hydrogen-bond acceptors (Lipinski definition) is 7. The molecule has 4 rings (SSSR count). The van der Waals surface area contributed by atoms with Gasteiger partial charge >= 0.3 is 0 Å². The minimum atomic E-state index is -0.330. The summed E-state index contributed by atoms with van der Waals surface area (Å²) in [6.07, 6.45) is 5.07. The van der Waals surface area contributed by atoms with Crippen LogP contribution in [0.5, 0.6) is 5.75 Å². The third-order valence-corrected chi connectivity index (χ3v) is 5.24. The Kier molecular flexibility index (Phi) is 5.18. The fourth-order valence-corrected chi connectivity index (χ4v) is 3.52. The predicted octanol–water partition coefficient (Wildman–Crippen LogP) is 1.91. The molecule has 1 amide bonds. The largest absolute Gasteiger partial charge is 0.497 e. The van der Waals surface area contributed by atoms with Gasteiger partial charge in [-0.25, -0.2) is 9.67 Å². The van der Waals surface area contributed by atoms with Crippen molar-refractivity contribution in [2.24, 2.45) is 5.92 Å². The first-order valence-corrected chi connectivity index (χ1v) is 9.58. The van der Waals surface area contributed by atoms with Crippen LogP contribution in [0.1, 0.15) is 33.0 Å². The Labute approximate surface area is 173 Å². The maximum atomic E-state index is 13.0. The van der Waals surface area contributed by atoms with Gasteiger partial charge < -0.3 is 15.4 Å². The number of methoxy groups -OCH3 is 1. The van der Waals surface area contributed by atoms with E-state index in [9.17, 15) is 9.59 Å². The van der Waals surface area contributed by atoms with Gasteiger partial charge in [0.15, 0.2) is 5.78 Å². The number of amides is 1. The van der Waals surface area contributed by atoms with E-state index < -0.39 is 0 Å². The quantitative estimate of drug-likeness (QED) is 0.643. The fourth-order valence-electron chi connectivity index (χ4n) is 3.52. The number of benzene rings is 1. The molecular weight excluding hydrogens is 384 g/mol. The number of Topliss-reactive ketones (excluding diaryl/α,β-unsaturated/α-hetero) is 1. The summed E-state index contributed by atoms with van der Waals surface area (Å²) in [7, 11) is 1.59. The molecule has 1 aliphatic heterocycles. The van der Waals surface area contributed by atoms with Crippen molar-refractivity contribution in [3.8, 4) is 11.4 Å². The van der Waals surface area contributed by atoms with E-state index in [1.165, 1.54) is 17.1 Å². The van der Waals surface area contributed by atoms with Crippen LogP contribution in [0.15, 0.2) is 42.9 Å². The van der Waals surface area contributed by atoms with E-state index in [0.29, 0.717) is 25.1 Å². The summed E-state index contributed by atoms with van der Waals surface area (Å²) in [6.45, 7) is 2.61. The minimum Gasteiger partial charge on any atom is -0.497 e. The summed E-state index contributed by atoms with van der Waals surface area (Å²) in [6, 6.07) is 7.23. The third kappa shape index (κ3) is 3.61. The van der Waals surface area contributed by atoms with Gasteiger partial charge in [-0.05, 0) is 37.6 Å². The molecule has 0 bridgehead atoms. The Morgan fingerprint density at radius 2 is 1.90 bits per heavy atom. The van der Waals surface area contributed by atoms with Crippen molar-refractivity contribution in [2.45, 2.75) is 13.3 Å². The molecule has 30 heavy (non-hydrogen) atoms. The second-order valence-corrected chi connectivity index (χ2v) is 7.20. The van der Waals surface area contributed by atoms with Crippen molar-refractivity contribution < 1.29 is 14.3 Å². The maximum Gasteiger partial charge on any atom is 0.274 e. The normalized spacial score (nSPS) is 15.9. The monoisotopic (exact) mass is 406 g/mol. The highest BCUT2D eigenvalue weighted by Gasteiger charge is 2.34. The number of carbonyl (C=O) groups is 2. The van der Waals surface area contributed by atoms with Gasteiger partial charge in [0, 0.05) is 25.2 Å². The number of nitrogens with zero attached hydrogens (tertiary/aromatic N) is 5. The van der Waals surface area contributed by atoms with Gasteiger partial charge in [-0.2, -0.15) is 5.10 Å². The first-order chi connectivity index (χ1) is 14.5. The molecule has 1 saturated heterocycles. The lowest BCUT2D eigenvalue weighted by atomic mass is 9.98. The number of likely N-dealkylation sites (tertiary alicyclic amines) is 1. The predicted molar refractivity (Wildman–Crippen MR) is 110 cm³/mol. The Bertz CT molecular complexity index is 1080. The number of aryl methyl sites for hydroxylation is 1. The highest BCUT2D eigenvalue weighted by Crippen LogP contribution is 2.26. The lowest BCUT2D eigenvalue weighted by Crippen LogP contribution is -2.30. The zero-order valence-corrected chi connectivity index (χ0v) is 16.8. The van der Waals surface area contributed by atoms with Crippen LogP contribution in [0.4, 0.5) is 5.82 Å². The molecule has 3 aromatic rings. The average Bonchev–Trinajstić information content (AvgIpc) is 3.41. The van der Waals surface area contributed by atoms with E-state index in [4.69, 9.17) is 10.5 Å². The Balaban J connectivity index is 1.48. The number of ether oxygens (including phenoxy) is 1. The zero-order valence-electron chi connectivity index (χ0n) is 16.8. The molecule has 2 aromatic heterocycles. The van der Waals surface area contributed by atoms with Crippen LogP contribution in [0.3, 0.4) is 0 Å². The minimum absolute atomic E-state index is 0.113. The number of nitrogens with two attached hydrogens (primary N) is 1. The Morgan fingerprint density at radius 3 is 2.57 bits per heavy atom. The molecule has 1 aliphatic rings. The van der Waals surface area contributed by atoms with Crippen LogP contribution in [-0.4, -0.2) is 56.5 Å².